The van der Waals surface area contributed by atoms with E-state index in [1.807, 2.05) is 18.2 Å². The van der Waals surface area contributed by atoms with E-state index in [0.29, 0.717) is 27.9 Å². The van der Waals surface area contributed by atoms with Crippen LogP contribution in [0.5, 0.6) is 0 Å². The highest BCUT2D eigenvalue weighted by molar-refractivity contribution is 6.18. The number of amides is 1. The normalized spacial score (nSPS) is 12.5. The molecule has 4 rings (SSSR count). The van der Waals surface area contributed by atoms with Crippen molar-refractivity contribution in [3.8, 4) is 0 Å². The summed E-state index contributed by atoms with van der Waals surface area (Å²) in [6.07, 6.45) is -6.14. The Hall–Kier alpha value is -3.49. The Labute approximate surface area is 203 Å². The molecular formula is C27H24F6N2O. The van der Waals surface area contributed by atoms with Gasteiger partial charge in [-0.15, -0.1) is 0 Å². The number of unbranched alkanes of at least 4 members (excludes halogenated alkanes) is 2. The van der Waals surface area contributed by atoms with Crippen LogP contribution in [0.3, 0.4) is 0 Å². The molecule has 0 aliphatic rings. The van der Waals surface area contributed by atoms with E-state index >= 15 is 0 Å². The van der Waals surface area contributed by atoms with Crippen molar-refractivity contribution >= 4 is 27.7 Å². The number of carbonyl (C=O) groups is 1. The smallest absolute Gasteiger partial charge is 0.366 e. The molecule has 0 spiro atoms. The number of nitrogens with two attached hydrogens (primary N) is 1. The van der Waals surface area contributed by atoms with Gasteiger partial charge in [0.15, 0.2) is 0 Å². The van der Waals surface area contributed by atoms with Crippen LogP contribution in [-0.2, 0) is 25.3 Å². The van der Waals surface area contributed by atoms with E-state index < -0.39 is 29.4 Å². The lowest BCUT2D eigenvalue weighted by molar-refractivity contribution is -0.143. The average molecular weight is 506 g/mol. The molecule has 0 unspecified atom stereocenters. The highest BCUT2D eigenvalue weighted by atomic mass is 19.4. The Morgan fingerprint density at radius 2 is 1.64 bits per heavy atom. The van der Waals surface area contributed by atoms with Crippen molar-refractivity contribution in [3.63, 3.8) is 0 Å². The zero-order chi connectivity index (χ0) is 26.3. The number of alkyl halides is 6. The molecule has 190 valence electrons. The molecule has 3 aromatic carbocycles. The summed E-state index contributed by atoms with van der Waals surface area (Å²) in [6, 6.07) is 12.1. The van der Waals surface area contributed by atoms with Gasteiger partial charge >= 0.3 is 12.4 Å². The van der Waals surface area contributed by atoms with E-state index in [2.05, 4.69) is 6.92 Å². The molecule has 3 nitrogen and oxygen atoms in total. The quantitative estimate of drug-likeness (QED) is 0.203. The molecule has 0 saturated heterocycles. The van der Waals surface area contributed by atoms with Crippen molar-refractivity contribution in [1.29, 1.82) is 0 Å². The van der Waals surface area contributed by atoms with Gasteiger partial charge in [0.2, 0.25) is 5.91 Å². The predicted molar refractivity (Wildman–Crippen MR) is 127 cm³/mol. The molecule has 0 fully saturated rings. The summed E-state index contributed by atoms with van der Waals surface area (Å²) in [5, 5.41) is 1.14. The van der Waals surface area contributed by atoms with Crippen molar-refractivity contribution < 1.29 is 31.1 Å². The van der Waals surface area contributed by atoms with Crippen LogP contribution < -0.4 is 5.73 Å². The summed E-state index contributed by atoms with van der Waals surface area (Å²) in [5.41, 5.74) is 4.81. The topological polar surface area (TPSA) is 48.0 Å². The van der Waals surface area contributed by atoms with Crippen LogP contribution in [0, 0.1) is 0 Å². The number of hydrogen-bond donors (Lipinski definition) is 1. The Balaban J connectivity index is 1.95. The number of hydrogen-bond acceptors (Lipinski definition) is 1. The number of benzene rings is 3. The van der Waals surface area contributed by atoms with E-state index in [1.54, 1.807) is 22.8 Å². The third-order valence-electron chi connectivity index (χ3n) is 6.36. The molecule has 0 aliphatic heterocycles. The fourth-order valence-electron chi connectivity index (χ4n) is 4.63. The molecule has 1 amide bonds. The molecule has 2 N–H and O–H groups in total. The summed E-state index contributed by atoms with van der Waals surface area (Å²) in [4.78, 5) is 12.1. The molecule has 0 bridgehead atoms. The van der Waals surface area contributed by atoms with Gasteiger partial charge in [-0.1, -0.05) is 44.0 Å². The lowest BCUT2D eigenvalue weighted by Crippen LogP contribution is -2.15. The number of halogens is 6. The second kappa shape index (κ2) is 9.52. The number of rotatable bonds is 7. The SMILES string of the molecule is CCCCCc1ccc2c3c(C(N)=O)cccc3n(Cc3ccc(C(F)(F)F)cc3C(F)(F)F)c2c1. The molecule has 1 aromatic heterocycles. The summed E-state index contributed by atoms with van der Waals surface area (Å²) >= 11 is 0. The van der Waals surface area contributed by atoms with Crippen LogP contribution >= 0.6 is 0 Å². The van der Waals surface area contributed by atoms with E-state index in [4.69, 9.17) is 5.73 Å². The molecule has 9 heteroatoms. The van der Waals surface area contributed by atoms with Crippen molar-refractivity contribution in [1.82, 2.24) is 4.57 Å². The highest BCUT2D eigenvalue weighted by Gasteiger charge is 2.38. The fourth-order valence-corrected chi connectivity index (χ4v) is 4.63. The van der Waals surface area contributed by atoms with Crippen molar-refractivity contribution in [2.24, 2.45) is 5.73 Å². The standard InChI is InChI=1S/C27H24F6N2O/c1-2-3-4-6-16-9-12-19-23(13-16)35(22-8-5-7-20(24(19)22)25(34)36)15-17-10-11-18(26(28,29)30)14-21(17)27(31,32)33/h5,7-14H,2-4,6,15H2,1H3,(H2,34,36). The number of aromatic nitrogens is 1. The minimum Gasteiger partial charge on any atom is -0.366 e. The molecule has 0 atom stereocenters. The second-order valence-corrected chi connectivity index (χ2v) is 8.83. The van der Waals surface area contributed by atoms with Crippen LogP contribution in [0.2, 0.25) is 0 Å². The number of carbonyl (C=O) groups excluding carboxylic acids is 1. The third kappa shape index (κ3) is 4.92. The first kappa shape index (κ1) is 25.6. The first-order valence-electron chi connectivity index (χ1n) is 11.5. The second-order valence-electron chi connectivity index (χ2n) is 8.83. The maximum Gasteiger partial charge on any atom is 0.416 e. The van der Waals surface area contributed by atoms with Gasteiger partial charge in [-0.3, -0.25) is 4.79 Å². The number of aryl methyl sites for hydroxylation is 1. The molecule has 1 heterocycles. The van der Waals surface area contributed by atoms with Gasteiger partial charge in [-0.2, -0.15) is 26.3 Å². The van der Waals surface area contributed by atoms with Crippen LogP contribution in [0.1, 0.15) is 58.8 Å². The Morgan fingerprint density at radius 1 is 0.889 bits per heavy atom. The summed E-state index contributed by atoms with van der Waals surface area (Å²) < 4.78 is 82.6. The van der Waals surface area contributed by atoms with E-state index in [9.17, 15) is 31.1 Å². The minimum atomic E-state index is -4.99. The number of primary amides is 1. The molecule has 4 aromatic rings. The van der Waals surface area contributed by atoms with Gasteiger partial charge in [0.05, 0.1) is 16.6 Å². The van der Waals surface area contributed by atoms with Gasteiger partial charge in [0.25, 0.3) is 0 Å². The lowest BCUT2D eigenvalue weighted by Gasteiger charge is -2.17. The molecule has 0 saturated carbocycles. The first-order valence-corrected chi connectivity index (χ1v) is 11.5. The zero-order valence-corrected chi connectivity index (χ0v) is 19.4. The Kier molecular flexibility index (Phi) is 6.77. The minimum absolute atomic E-state index is 0.147. The Bertz CT molecular complexity index is 1430. The number of nitrogens with zero attached hydrogens (tertiary/aromatic N) is 1. The van der Waals surface area contributed by atoms with Gasteiger partial charge in [0, 0.05) is 28.4 Å². The fraction of sp³-hybridized carbons (Fsp3) is 0.296. The van der Waals surface area contributed by atoms with Crippen LogP contribution in [0.15, 0.2) is 54.6 Å². The molecular weight excluding hydrogens is 482 g/mol. The van der Waals surface area contributed by atoms with Gasteiger partial charge < -0.3 is 10.3 Å². The molecule has 36 heavy (non-hydrogen) atoms. The van der Waals surface area contributed by atoms with Crippen molar-refractivity contribution in [2.75, 3.05) is 0 Å². The van der Waals surface area contributed by atoms with E-state index in [-0.39, 0.29) is 23.7 Å². The summed E-state index contributed by atoms with van der Waals surface area (Å²) in [5.74, 6) is -0.683. The monoisotopic (exact) mass is 506 g/mol. The molecule has 0 aliphatic carbocycles. The van der Waals surface area contributed by atoms with Gasteiger partial charge in [-0.05, 0) is 54.3 Å². The highest BCUT2D eigenvalue weighted by Crippen LogP contribution is 2.39. The van der Waals surface area contributed by atoms with Crippen molar-refractivity contribution in [2.45, 2.75) is 51.5 Å². The third-order valence-corrected chi connectivity index (χ3v) is 6.36. The summed E-state index contributed by atoms with van der Waals surface area (Å²) in [7, 11) is 0. The number of fused-ring (bicyclic) bond motifs is 3. The van der Waals surface area contributed by atoms with Gasteiger partial charge in [-0.25, -0.2) is 0 Å². The average Bonchev–Trinajstić information content (AvgIpc) is 3.11. The van der Waals surface area contributed by atoms with Crippen LogP contribution in [-0.4, -0.2) is 10.5 Å². The van der Waals surface area contributed by atoms with E-state index in [0.717, 1.165) is 37.3 Å². The van der Waals surface area contributed by atoms with Crippen LogP contribution in [0.4, 0.5) is 26.3 Å². The molecule has 0 radical (unpaired) electrons. The van der Waals surface area contributed by atoms with Gasteiger partial charge in [0.1, 0.15) is 0 Å². The maximum atomic E-state index is 13.8. The first-order chi connectivity index (χ1) is 16.9. The lowest BCUT2D eigenvalue weighted by atomic mass is 10.0. The Morgan fingerprint density at radius 3 is 2.28 bits per heavy atom. The van der Waals surface area contributed by atoms with Crippen molar-refractivity contribution in [3.05, 3.63) is 82.4 Å². The largest absolute Gasteiger partial charge is 0.416 e. The van der Waals surface area contributed by atoms with Crippen LogP contribution in [0.25, 0.3) is 21.8 Å². The maximum absolute atomic E-state index is 13.8. The predicted octanol–water partition coefficient (Wildman–Crippen LogP) is 7.71. The zero-order valence-electron chi connectivity index (χ0n) is 19.4. The summed E-state index contributed by atoms with van der Waals surface area (Å²) in [6.45, 7) is 1.74. The van der Waals surface area contributed by atoms with E-state index in [1.165, 1.54) is 0 Å².